The van der Waals surface area contributed by atoms with Gasteiger partial charge in [0.2, 0.25) is 5.91 Å². The number of hydrogen-bond acceptors (Lipinski definition) is 4. The molecule has 5 nitrogen and oxygen atoms in total. The normalized spacial score (nSPS) is 11.7. The zero-order valence-electron chi connectivity index (χ0n) is 10.4. The van der Waals surface area contributed by atoms with Crippen molar-refractivity contribution in [1.29, 1.82) is 0 Å². The van der Waals surface area contributed by atoms with Gasteiger partial charge in [0, 0.05) is 13.1 Å². The smallest absolute Gasteiger partial charge is 0.307 e. The zero-order valence-corrected chi connectivity index (χ0v) is 10.4. The molecule has 1 aromatic rings. The molecule has 0 heterocycles. The lowest BCUT2D eigenvalue weighted by Crippen LogP contribution is -2.34. The van der Waals surface area contributed by atoms with Gasteiger partial charge in [0.05, 0.1) is 19.4 Å². The largest absolute Gasteiger partial charge is 0.469 e. The number of carbonyl (C=O) groups excluding carboxylic acids is 2. The topological polar surface area (TPSA) is 81.4 Å². The number of esters is 1. The van der Waals surface area contributed by atoms with Crippen LogP contribution in [0.4, 0.5) is 0 Å². The Morgan fingerprint density at radius 1 is 1.33 bits per heavy atom. The Bertz CT molecular complexity index is 392. The fourth-order valence-electron chi connectivity index (χ4n) is 1.59. The zero-order chi connectivity index (χ0) is 13.4. The van der Waals surface area contributed by atoms with E-state index in [1.54, 1.807) is 0 Å². The van der Waals surface area contributed by atoms with Gasteiger partial charge < -0.3 is 15.8 Å². The average molecular weight is 250 g/mol. The van der Waals surface area contributed by atoms with E-state index in [9.17, 15) is 9.59 Å². The SMILES string of the molecule is COC(=O)CCNC(=O)C(CN)c1ccccc1. The third-order valence-electron chi connectivity index (χ3n) is 2.61. The first-order valence-electron chi connectivity index (χ1n) is 5.78. The number of rotatable bonds is 6. The lowest BCUT2D eigenvalue weighted by atomic mass is 9.98. The van der Waals surface area contributed by atoms with E-state index < -0.39 is 0 Å². The summed E-state index contributed by atoms with van der Waals surface area (Å²) in [5, 5.41) is 2.68. The summed E-state index contributed by atoms with van der Waals surface area (Å²) in [6.45, 7) is 0.489. The predicted molar refractivity (Wildman–Crippen MR) is 67.9 cm³/mol. The molecule has 0 saturated heterocycles. The van der Waals surface area contributed by atoms with Gasteiger partial charge in [0.1, 0.15) is 0 Å². The van der Waals surface area contributed by atoms with Crippen molar-refractivity contribution in [3.8, 4) is 0 Å². The van der Waals surface area contributed by atoms with Crippen LogP contribution in [0.1, 0.15) is 17.9 Å². The molecular weight excluding hydrogens is 232 g/mol. The summed E-state index contributed by atoms with van der Waals surface area (Å²) >= 11 is 0. The molecule has 0 aliphatic heterocycles. The molecule has 1 amide bonds. The maximum Gasteiger partial charge on any atom is 0.307 e. The molecular formula is C13H18N2O3. The third-order valence-corrected chi connectivity index (χ3v) is 2.61. The molecule has 0 spiro atoms. The second-order valence-corrected chi connectivity index (χ2v) is 3.82. The molecule has 0 bridgehead atoms. The molecule has 1 atom stereocenters. The van der Waals surface area contributed by atoms with Gasteiger partial charge >= 0.3 is 5.97 Å². The Morgan fingerprint density at radius 3 is 2.56 bits per heavy atom. The predicted octanol–water partition coefficient (Wildman–Crippen LogP) is 0.408. The van der Waals surface area contributed by atoms with Gasteiger partial charge in [-0.3, -0.25) is 9.59 Å². The van der Waals surface area contributed by atoms with Gasteiger partial charge in [-0.25, -0.2) is 0 Å². The molecule has 3 N–H and O–H groups in total. The van der Waals surface area contributed by atoms with E-state index in [1.807, 2.05) is 30.3 Å². The number of hydrogen-bond donors (Lipinski definition) is 2. The van der Waals surface area contributed by atoms with Crippen LogP contribution in [-0.4, -0.2) is 32.1 Å². The molecule has 0 radical (unpaired) electrons. The standard InChI is InChI=1S/C13H18N2O3/c1-18-12(16)7-8-15-13(17)11(9-14)10-5-3-2-4-6-10/h2-6,11H,7-9,14H2,1H3,(H,15,17). The highest BCUT2D eigenvalue weighted by molar-refractivity contribution is 5.84. The van der Waals surface area contributed by atoms with Crippen LogP contribution in [0.2, 0.25) is 0 Å². The van der Waals surface area contributed by atoms with Crippen LogP contribution in [0.3, 0.4) is 0 Å². The molecule has 0 aliphatic rings. The number of methoxy groups -OCH3 is 1. The summed E-state index contributed by atoms with van der Waals surface area (Å²) in [7, 11) is 1.32. The summed E-state index contributed by atoms with van der Waals surface area (Å²) in [5.41, 5.74) is 6.48. The molecule has 0 fully saturated rings. The van der Waals surface area contributed by atoms with E-state index in [-0.39, 0.29) is 37.3 Å². The third kappa shape index (κ3) is 4.18. The second-order valence-electron chi connectivity index (χ2n) is 3.82. The van der Waals surface area contributed by atoms with Gasteiger partial charge in [0.25, 0.3) is 0 Å². The fourth-order valence-corrected chi connectivity index (χ4v) is 1.59. The van der Waals surface area contributed by atoms with Gasteiger partial charge in [-0.05, 0) is 5.56 Å². The van der Waals surface area contributed by atoms with Crippen molar-refractivity contribution in [2.45, 2.75) is 12.3 Å². The van der Waals surface area contributed by atoms with E-state index >= 15 is 0 Å². The number of nitrogens with two attached hydrogens (primary N) is 1. The van der Waals surface area contributed by atoms with Gasteiger partial charge in [-0.2, -0.15) is 0 Å². The van der Waals surface area contributed by atoms with E-state index in [2.05, 4.69) is 10.1 Å². The van der Waals surface area contributed by atoms with Crippen LogP contribution in [0, 0.1) is 0 Å². The minimum atomic E-state index is -0.385. The van der Waals surface area contributed by atoms with Crippen LogP contribution < -0.4 is 11.1 Å². The Kier molecular flexibility index (Phi) is 5.87. The summed E-state index contributed by atoms with van der Waals surface area (Å²) in [6.07, 6.45) is 0.161. The second kappa shape index (κ2) is 7.45. The molecule has 1 aromatic carbocycles. The summed E-state index contributed by atoms with van der Waals surface area (Å²) in [4.78, 5) is 22.8. The minimum Gasteiger partial charge on any atom is -0.469 e. The van der Waals surface area contributed by atoms with Crippen molar-refractivity contribution in [2.75, 3.05) is 20.2 Å². The Morgan fingerprint density at radius 2 is 2.00 bits per heavy atom. The Labute approximate surface area is 106 Å². The number of benzene rings is 1. The van der Waals surface area contributed by atoms with Crippen LogP contribution in [-0.2, 0) is 14.3 Å². The maximum absolute atomic E-state index is 11.9. The van der Waals surface area contributed by atoms with E-state index in [0.717, 1.165) is 5.56 Å². The summed E-state index contributed by atoms with van der Waals surface area (Å²) in [5.74, 6) is -0.907. The molecule has 5 heteroatoms. The van der Waals surface area contributed by atoms with Crippen molar-refractivity contribution in [2.24, 2.45) is 5.73 Å². The molecule has 1 unspecified atom stereocenters. The monoisotopic (exact) mass is 250 g/mol. The van der Waals surface area contributed by atoms with Crippen molar-refractivity contribution >= 4 is 11.9 Å². The number of nitrogens with one attached hydrogen (secondary N) is 1. The number of ether oxygens (including phenoxy) is 1. The number of carbonyl (C=O) groups is 2. The number of amides is 1. The van der Waals surface area contributed by atoms with Crippen LogP contribution >= 0.6 is 0 Å². The van der Waals surface area contributed by atoms with Crippen LogP contribution in [0.15, 0.2) is 30.3 Å². The molecule has 18 heavy (non-hydrogen) atoms. The highest BCUT2D eigenvalue weighted by Crippen LogP contribution is 2.13. The quantitative estimate of drug-likeness (QED) is 0.716. The molecule has 98 valence electrons. The molecule has 0 aromatic heterocycles. The Hall–Kier alpha value is -1.88. The van der Waals surface area contributed by atoms with Crippen molar-refractivity contribution in [1.82, 2.24) is 5.32 Å². The minimum absolute atomic E-state index is 0.161. The maximum atomic E-state index is 11.9. The van der Waals surface area contributed by atoms with Crippen LogP contribution in [0.5, 0.6) is 0 Å². The highest BCUT2D eigenvalue weighted by atomic mass is 16.5. The molecule has 0 aliphatic carbocycles. The van der Waals surface area contributed by atoms with Gasteiger partial charge in [0.15, 0.2) is 0 Å². The highest BCUT2D eigenvalue weighted by Gasteiger charge is 2.18. The van der Waals surface area contributed by atoms with Crippen LogP contribution in [0.25, 0.3) is 0 Å². The lowest BCUT2D eigenvalue weighted by Gasteiger charge is -2.14. The van der Waals surface area contributed by atoms with Crippen molar-refractivity contribution in [3.05, 3.63) is 35.9 Å². The first-order chi connectivity index (χ1) is 8.69. The first kappa shape index (κ1) is 14.2. The van der Waals surface area contributed by atoms with E-state index in [0.29, 0.717) is 0 Å². The Balaban J connectivity index is 2.51. The van der Waals surface area contributed by atoms with Gasteiger partial charge in [-0.1, -0.05) is 30.3 Å². The van der Waals surface area contributed by atoms with Gasteiger partial charge in [-0.15, -0.1) is 0 Å². The van der Waals surface area contributed by atoms with E-state index in [4.69, 9.17) is 5.73 Å². The van der Waals surface area contributed by atoms with E-state index in [1.165, 1.54) is 7.11 Å². The fraction of sp³-hybridized carbons (Fsp3) is 0.385. The summed E-state index contributed by atoms with van der Waals surface area (Å²) < 4.78 is 4.49. The average Bonchev–Trinajstić information content (AvgIpc) is 2.40. The first-order valence-corrected chi connectivity index (χ1v) is 5.78. The van der Waals surface area contributed by atoms with Crippen molar-refractivity contribution < 1.29 is 14.3 Å². The van der Waals surface area contributed by atoms with Crippen molar-refractivity contribution in [3.63, 3.8) is 0 Å². The molecule has 0 saturated carbocycles. The summed E-state index contributed by atoms with van der Waals surface area (Å²) in [6, 6.07) is 9.32. The molecule has 1 rings (SSSR count). The lowest BCUT2D eigenvalue weighted by molar-refractivity contribution is -0.140.